The second-order valence-corrected chi connectivity index (χ2v) is 17.7. The summed E-state index contributed by atoms with van der Waals surface area (Å²) in [5, 5.41) is 23.7. The zero-order valence-corrected chi connectivity index (χ0v) is 37.0. The summed E-state index contributed by atoms with van der Waals surface area (Å²) >= 11 is 0. The molecule has 0 aliphatic carbocycles. The largest absolute Gasteiger partial charge is 0.458 e. The number of hydrogen-bond acceptors (Lipinski definition) is 14. The number of amides is 1. The number of hydrogen-bond donors (Lipinski definition) is 2. The summed E-state index contributed by atoms with van der Waals surface area (Å²) in [6, 6.07) is 4.67. The summed E-state index contributed by atoms with van der Waals surface area (Å²) in [6.07, 6.45) is 3.00. The van der Waals surface area contributed by atoms with Crippen LogP contribution in [0.25, 0.3) is 11.4 Å². The van der Waals surface area contributed by atoms with Crippen LogP contribution < -0.4 is 5.32 Å². The minimum Gasteiger partial charge on any atom is -0.458 e. The first-order valence-corrected chi connectivity index (χ1v) is 21.4. The standard InChI is InChI=1S/C43H69N7O9/c1-12-34-43(8)37(50(41(54)59-43)21-17-13-16-20-49-25-32(46-47-49)31-18-14-15-19-44-31)30(6)45-24-26(2)23-42(7,55-11)38(28(4)35(51)29(5)39(53)57-34)58-40-36(52)33(48(9)10)22-27(3)56-40/h14-15,18-19,25-30,33-34,36-38,40,45,52H,12-13,16-17,20-24H2,1-11H3/t26-,27?,28+,29-,30-,33?,34-,36?,37-,38-,40+,42-,43-/m1/s1. The first-order valence-electron chi connectivity index (χ1n) is 21.4. The lowest BCUT2D eigenvalue weighted by atomic mass is 9.78. The fraction of sp³-hybridized carbons (Fsp3) is 0.767. The van der Waals surface area contributed by atoms with Gasteiger partial charge in [0.05, 0.1) is 35.7 Å². The summed E-state index contributed by atoms with van der Waals surface area (Å²) in [5.41, 5.74) is -0.770. The molecule has 3 fully saturated rings. The number of ketones is 1. The van der Waals surface area contributed by atoms with Gasteiger partial charge in [0.15, 0.2) is 17.7 Å². The third-order valence-electron chi connectivity index (χ3n) is 12.8. The first-order chi connectivity index (χ1) is 27.9. The minimum atomic E-state index is -1.21. The summed E-state index contributed by atoms with van der Waals surface area (Å²) in [4.78, 5) is 50.2. The Morgan fingerprint density at radius 1 is 1.03 bits per heavy atom. The number of aliphatic hydroxyl groups excluding tert-OH is 1. The number of pyridine rings is 1. The third kappa shape index (κ3) is 10.5. The number of cyclic esters (lactones) is 1. The monoisotopic (exact) mass is 828 g/mol. The van der Waals surface area contributed by atoms with Crippen molar-refractivity contribution in [2.24, 2.45) is 17.8 Å². The number of aryl methyl sites for hydroxylation is 1. The highest BCUT2D eigenvalue weighted by atomic mass is 16.7. The normalized spacial score (nSPS) is 36.5. The molecule has 0 saturated carbocycles. The maximum Gasteiger partial charge on any atom is 0.410 e. The zero-order chi connectivity index (χ0) is 43.2. The molecule has 0 aromatic carbocycles. The number of Topliss-reactive ketones (excluding diaryl/α,β-unsaturated/α-hetero) is 1. The van der Waals surface area contributed by atoms with Crippen LogP contribution in [0.3, 0.4) is 0 Å². The van der Waals surface area contributed by atoms with Crippen LogP contribution in [-0.2, 0) is 39.8 Å². The van der Waals surface area contributed by atoms with Gasteiger partial charge in [0.2, 0.25) is 0 Å². The van der Waals surface area contributed by atoms with Gasteiger partial charge >= 0.3 is 12.1 Å². The lowest BCUT2D eigenvalue weighted by Gasteiger charge is -2.46. The van der Waals surface area contributed by atoms with Crippen molar-refractivity contribution in [3.8, 4) is 11.4 Å². The molecule has 1 amide bonds. The van der Waals surface area contributed by atoms with E-state index in [-0.39, 0.29) is 29.9 Å². The van der Waals surface area contributed by atoms with Gasteiger partial charge in [-0.25, -0.2) is 4.79 Å². The highest BCUT2D eigenvalue weighted by molar-refractivity contribution is 6.00. The zero-order valence-electron chi connectivity index (χ0n) is 37.0. The van der Waals surface area contributed by atoms with Gasteiger partial charge in [0.25, 0.3) is 0 Å². The number of likely N-dealkylation sites (N-methyl/N-ethyl adjacent to an activating group) is 1. The summed E-state index contributed by atoms with van der Waals surface area (Å²) < 4.78 is 33.3. The van der Waals surface area contributed by atoms with E-state index >= 15 is 0 Å². The molecule has 2 aromatic rings. The van der Waals surface area contributed by atoms with E-state index in [1.54, 1.807) is 32.1 Å². The van der Waals surface area contributed by atoms with Crippen LogP contribution >= 0.6 is 0 Å². The van der Waals surface area contributed by atoms with Crippen LogP contribution in [0.5, 0.6) is 0 Å². The van der Waals surface area contributed by atoms with Crippen molar-refractivity contribution in [2.75, 3.05) is 34.3 Å². The van der Waals surface area contributed by atoms with Crippen LogP contribution in [0, 0.1) is 17.8 Å². The molecule has 3 aliphatic heterocycles. The molecule has 2 aromatic heterocycles. The minimum absolute atomic E-state index is 0.00319. The van der Waals surface area contributed by atoms with Crippen molar-refractivity contribution in [3.05, 3.63) is 30.6 Å². The van der Waals surface area contributed by atoms with Gasteiger partial charge in [-0.15, -0.1) is 5.10 Å². The average Bonchev–Trinajstić information content (AvgIpc) is 3.79. The number of methoxy groups -OCH3 is 1. The molecule has 16 heteroatoms. The van der Waals surface area contributed by atoms with Crippen molar-refractivity contribution in [1.29, 1.82) is 0 Å². The first kappa shape index (κ1) is 46.5. The Balaban J connectivity index is 1.35. The van der Waals surface area contributed by atoms with Crippen LogP contribution in [0.2, 0.25) is 0 Å². The molecule has 0 bridgehead atoms. The van der Waals surface area contributed by atoms with Crippen molar-refractivity contribution in [3.63, 3.8) is 0 Å². The van der Waals surface area contributed by atoms with Crippen molar-refractivity contribution in [1.82, 2.24) is 35.1 Å². The highest BCUT2D eigenvalue weighted by Crippen LogP contribution is 2.40. The Kier molecular flexibility index (Phi) is 15.7. The Bertz CT molecular complexity index is 1700. The molecule has 3 aliphatic rings. The smallest absolute Gasteiger partial charge is 0.410 e. The second-order valence-electron chi connectivity index (χ2n) is 17.7. The van der Waals surface area contributed by atoms with Gasteiger partial charge in [-0.1, -0.05) is 32.1 Å². The molecule has 13 atom stereocenters. The lowest BCUT2D eigenvalue weighted by Crippen LogP contribution is -2.61. The van der Waals surface area contributed by atoms with Crippen LogP contribution in [0.1, 0.15) is 93.9 Å². The Labute approximate surface area is 350 Å². The molecule has 3 saturated heterocycles. The number of carbonyl (C=O) groups excluding carboxylic acids is 3. The van der Waals surface area contributed by atoms with Gasteiger partial charge in [-0.2, -0.15) is 0 Å². The third-order valence-corrected chi connectivity index (χ3v) is 12.8. The maximum atomic E-state index is 14.4. The number of ether oxygens (including phenoxy) is 5. The maximum absolute atomic E-state index is 14.4. The van der Waals surface area contributed by atoms with Crippen molar-refractivity contribution < 1.29 is 43.2 Å². The lowest BCUT2D eigenvalue weighted by molar-refractivity contribution is -0.295. The molecular weight excluding hydrogens is 759 g/mol. The molecule has 5 rings (SSSR count). The van der Waals surface area contributed by atoms with Gasteiger partial charge in [0, 0.05) is 44.4 Å². The van der Waals surface area contributed by atoms with E-state index in [1.165, 1.54) is 0 Å². The number of unbranched alkanes of at least 4 members (excludes halogenated alkanes) is 2. The molecule has 16 nitrogen and oxygen atoms in total. The number of rotatable bonds is 12. The molecule has 3 unspecified atom stereocenters. The molecule has 330 valence electrons. The fourth-order valence-electron chi connectivity index (χ4n) is 9.43. The van der Waals surface area contributed by atoms with Crippen molar-refractivity contribution >= 4 is 17.8 Å². The number of fused-ring (bicyclic) bond motifs is 1. The van der Waals surface area contributed by atoms with E-state index in [2.05, 4.69) is 27.5 Å². The summed E-state index contributed by atoms with van der Waals surface area (Å²) in [7, 11) is 5.40. The highest BCUT2D eigenvalue weighted by Gasteiger charge is 2.58. The van der Waals surface area contributed by atoms with Gasteiger partial charge in [-0.05, 0) is 112 Å². The van der Waals surface area contributed by atoms with Gasteiger partial charge in [-0.3, -0.25) is 24.2 Å². The quantitative estimate of drug-likeness (QED) is 0.174. The number of aliphatic hydroxyl groups is 1. The van der Waals surface area contributed by atoms with E-state index in [4.69, 9.17) is 23.7 Å². The van der Waals surface area contributed by atoms with E-state index in [9.17, 15) is 19.5 Å². The van der Waals surface area contributed by atoms with Gasteiger partial charge in [0.1, 0.15) is 23.8 Å². The topological polar surface area (TPSA) is 180 Å². The van der Waals surface area contributed by atoms with Gasteiger partial charge < -0.3 is 39.0 Å². The predicted octanol–water partition coefficient (Wildman–Crippen LogP) is 4.49. The number of esters is 1. The number of carbonyl (C=O) groups is 3. The Hall–Kier alpha value is -3.54. The van der Waals surface area contributed by atoms with E-state index in [0.717, 1.165) is 18.5 Å². The van der Waals surface area contributed by atoms with E-state index < -0.39 is 65.7 Å². The van der Waals surface area contributed by atoms with E-state index in [1.807, 2.05) is 82.7 Å². The molecule has 2 N–H and O–H groups in total. The van der Waals surface area contributed by atoms with Crippen LogP contribution in [0.4, 0.5) is 4.79 Å². The molecule has 0 radical (unpaired) electrons. The van der Waals surface area contributed by atoms with Crippen LogP contribution in [-0.4, -0.2) is 147 Å². The predicted molar refractivity (Wildman–Crippen MR) is 220 cm³/mol. The number of nitrogens with zero attached hydrogens (tertiary/aromatic N) is 6. The van der Waals surface area contributed by atoms with Crippen LogP contribution in [0.15, 0.2) is 30.6 Å². The molecule has 5 heterocycles. The van der Waals surface area contributed by atoms with Crippen molar-refractivity contribution in [2.45, 2.75) is 160 Å². The molecule has 0 spiro atoms. The number of aromatic nitrogens is 4. The summed E-state index contributed by atoms with van der Waals surface area (Å²) in [6.45, 7) is 16.6. The summed E-state index contributed by atoms with van der Waals surface area (Å²) in [5.74, 6) is -3.13. The number of nitrogens with one attached hydrogen (secondary N) is 1. The SMILES string of the molecule is CC[C@H]1OC(=O)[C@H](C)C(=O)[C@H](C)[C@@H](O[C@@H]2OC(C)CC(N(C)C)C2O)[C@](C)(OC)C[C@@H](C)CN[C@H](C)[C@H]2N(CCCCCn3cc(-c4ccccn4)nn3)C(=O)O[C@]12C. The Morgan fingerprint density at radius 2 is 1.76 bits per heavy atom. The van der Waals surface area contributed by atoms with E-state index in [0.29, 0.717) is 51.0 Å². The Morgan fingerprint density at radius 3 is 2.42 bits per heavy atom. The molecule has 59 heavy (non-hydrogen) atoms. The average molecular weight is 828 g/mol. The molecular formula is C43H69N7O9. The second kappa shape index (κ2) is 19.9. The fourth-order valence-corrected chi connectivity index (χ4v) is 9.43.